The van der Waals surface area contributed by atoms with Gasteiger partial charge in [0.2, 0.25) is 0 Å². The highest BCUT2D eigenvalue weighted by atomic mass is 32.1. The molecule has 4 heterocycles. The van der Waals surface area contributed by atoms with Crippen molar-refractivity contribution in [2.45, 2.75) is 38.3 Å². The normalized spacial score (nSPS) is 28.8. The summed E-state index contributed by atoms with van der Waals surface area (Å²) in [6, 6.07) is 3.03. The molecule has 4 nitrogen and oxygen atoms in total. The van der Waals surface area contributed by atoms with Crippen molar-refractivity contribution in [3.63, 3.8) is 0 Å². The molecule has 0 N–H and O–H groups in total. The number of piperidine rings is 1. The van der Waals surface area contributed by atoms with Crippen LogP contribution in [0.25, 0.3) is 0 Å². The van der Waals surface area contributed by atoms with Gasteiger partial charge in [-0.25, -0.2) is 0 Å². The zero-order valence-electron chi connectivity index (χ0n) is 15.5. The molecule has 25 heavy (non-hydrogen) atoms. The monoisotopic (exact) mass is 364 g/mol. The van der Waals surface area contributed by atoms with Crippen molar-refractivity contribution >= 4 is 11.3 Å². The molecule has 5 heteroatoms. The Morgan fingerprint density at radius 1 is 1.28 bits per heavy atom. The lowest BCUT2D eigenvalue weighted by molar-refractivity contribution is -0.0109. The molecule has 4 rings (SSSR count). The first-order valence-corrected chi connectivity index (χ1v) is 10.8. The summed E-state index contributed by atoms with van der Waals surface area (Å²) in [5, 5.41) is 4.49. The van der Waals surface area contributed by atoms with Crippen LogP contribution in [0.2, 0.25) is 0 Å². The zero-order valence-corrected chi connectivity index (χ0v) is 16.3. The predicted octanol–water partition coefficient (Wildman–Crippen LogP) is 3.09. The number of hydrogen-bond acceptors (Lipinski definition) is 5. The number of methoxy groups -OCH3 is 1. The van der Waals surface area contributed by atoms with E-state index >= 15 is 0 Å². The van der Waals surface area contributed by atoms with Crippen molar-refractivity contribution in [2.24, 2.45) is 11.3 Å². The fourth-order valence-corrected chi connectivity index (χ4v) is 5.95. The molecule has 1 spiro atoms. The Kier molecular flexibility index (Phi) is 5.77. The third-order valence-corrected chi connectivity index (χ3v) is 7.47. The van der Waals surface area contributed by atoms with E-state index in [-0.39, 0.29) is 0 Å². The van der Waals surface area contributed by atoms with Crippen molar-refractivity contribution in [1.82, 2.24) is 9.80 Å². The molecule has 0 bridgehead atoms. The highest BCUT2D eigenvalue weighted by Gasteiger charge is 2.48. The summed E-state index contributed by atoms with van der Waals surface area (Å²) in [5.41, 5.74) is 1.94. The van der Waals surface area contributed by atoms with E-state index in [9.17, 15) is 0 Å². The Labute approximate surface area is 156 Å². The average Bonchev–Trinajstić information content (AvgIpc) is 3.26. The van der Waals surface area contributed by atoms with E-state index in [2.05, 4.69) is 26.6 Å². The lowest BCUT2D eigenvalue weighted by Crippen LogP contribution is -2.49. The molecule has 3 saturated heterocycles. The fraction of sp³-hybridized carbons (Fsp3) is 0.800. The zero-order chi connectivity index (χ0) is 17.1. The molecule has 0 saturated carbocycles. The minimum absolute atomic E-state index is 0.466. The third-order valence-electron chi connectivity index (χ3n) is 6.74. The van der Waals surface area contributed by atoms with E-state index in [0.29, 0.717) is 11.3 Å². The van der Waals surface area contributed by atoms with Gasteiger partial charge in [-0.15, -0.1) is 0 Å². The van der Waals surface area contributed by atoms with Gasteiger partial charge in [0.05, 0.1) is 6.61 Å². The van der Waals surface area contributed by atoms with Crippen LogP contribution in [0.4, 0.5) is 0 Å². The first-order valence-electron chi connectivity index (χ1n) is 9.83. The molecular formula is C20H32N2O2S. The van der Waals surface area contributed by atoms with Gasteiger partial charge in [-0.2, -0.15) is 11.3 Å². The van der Waals surface area contributed by atoms with Gasteiger partial charge in [0.15, 0.2) is 0 Å². The maximum absolute atomic E-state index is 5.63. The summed E-state index contributed by atoms with van der Waals surface area (Å²) in [5.74, 6) is 0.688. The summed E-state index contributed by atoms with van der Waals surface area (Å²) in [6.07, 6.45) is 5.11. The Hall–Kier alpha value is -0.460. The largest absolute Gasteiger partial charge is 0.384 e. The quantitative estimate of drug-likeness (QED) is 0.802. The van der Waals surface area contributed by atoms with Gasteiger partial charge < -0.3 is 14.4 Å². The first kappa shape index (κ1) is 17.9. The van der Waals surface area contributed by atoms with Gasteiger partial charge in [0, 0.05) is 51.9 Å². The molecule has 3 fully saturated rings. The van der Waals surface area contributed by atoms with Crippen molar-refractivity contribution in [2.75, 3.05) is 53.1 Å². The van der Waals surface area contributed by atoms with E-state index in [1.807, 2.05) is 18.4 Å². The molecule has 0 aliphatic carbocycles. The molecule has 140 valence electrons. The number of ether oxygens (including phenoxy) is 2. The predicted molar refractivity (Wildman–Crippen MR) is 102 cm³/mol. The highest BCUT2D eigenvalue weighted by Crippen LogP contribution is 2.45. The molecule has 1 aromatic rings. The van der Waals surface area contributed by atoms with Crippen molar-refractivity contribution in [3.05, 3.63) is 22.4 Å². The van der Waals surface area contributed by atoms with Gasteiger partial charge in [-0.05, 0) is 66.6 Å². The molecular weight excluding hydrogens is 332 g/mol. The Bertz CT molecular complexity index is 522. The van der Waals surface area contributed by atoms with Crippen LogP contribution in [-0.2, 0) is 16.0 Å². The lowest BCUT2D eigenvalue weighted by Gasteiger charge is -2.46. The van der Waals surface area contributed by atoms with E-state index in [4.69, 9.17) is 9.47 Å². The molecule has 1 atom stereocenters. The second-order valence-electron chi connectivity index (χ2n) is 8.20. The van der Waals surface area contributed by atoms with Crippen LogP contribution < -0.4 is 0 Å². The number of hydrogen-bond donors (Lipinski definition) is 0. The number of thiophene rings is 1. The van der Waals surface area contributed by atoms with Gasteiger partial charge in [-0.3, -0.25) is 4.90 Å². The second kappa shape index (κ2) is 8.05. The molecule has 0 aromatic carbocycles. The first-order chi connectivity index (χ1) is 12.3. The maximum Gasteiger partial charge on any atom is 0.0508 e. The van der Waals surface area contributed by atoms with Crippen LogP contribution in [0.3, 0.4) is 0 Å². The van der Waals surface area contributed by atoms with Crippen molar-refractivity contribution in [1.29, 1.82) is 0 Å². The SMILES string of the molecule is COCC1CN(Cc2ccsc2)CC12CCN(C1CCOCC1)CC2. The standard InChI is InChI=1S/C20H32N2O2S/c1-23-14-18-13-21(12-17-4-11-25-15-17)16-20(18)5-7-22(8-6-20)19-2-9-24-10-3-19/h4,11,15,18-19H,2-3,5-10,12-14,16H2,1H3. The summed E-state index contributed by atoms with van der Waals surface area (Å²) >= 11 is 1.81. The van der Waals surface area contributed by atoms with Crippen molar-refractivity contribution in [3.8, 4) is 0 Å². The summed E-state index contributed by atoms with van der Waals surface area (Å²) in [6.45, 7) is 8.89. The van der Waals surface area contributed by atoms with E-state index in [1.165, 1.54) is 57.4 Å². The lowest BCUT2D eigenvalue weighted by atomic mass is 9.71. The molecule has 1 aromatic heterocycles. The Morgan fingerprint density at radius 3 is 2.76 bits per heavy atom. The topological polar surface area (TPSA) is 24.9 Å². The maximum atomic E-state index is 5.63. The fourth-order valence-electron chi connectivity index (χ4n) is 5.29. The smallest absolute Gasteiger partial charge is 0.0508 e. The van der Waals surface area contributed by atoms with Crippen LogP contribution in [0.1, 0.15) is 31.2 Å². The van der Waals surface area contributed by atoms with Crippen LogP contribution in [0.5, 0.6) is 0 Å². The van der Waals surface area contributed by atoms with Crippen LogP contribution in [-0.4, -0.2) is 69.0 Å². The summed E-state index contributed by atoms with van der Waals surface area (Å²) in [4.78, 5) is 5.43. The third kappa shape index (κ3) is 3.96. The van der Waals surface area contributed by atoms with Gasteiger partial charge >= 0.3 is 0 Å². The number of nitrogens with zero attached hydrogens (tertiary/aromatic N) is 2. The minimum atomic E-state index is 0.466. The van der Waals surface area contributed by atoms with E-state index in [0.717, 1.165) is 32.4 Å². The van der Waals surface area contributed by atoms with Crippen molar-refractivity contribution < 1.29 is 9.47 Å². The van der Waals surface area contributed by atoms with Gasteiger partial charge in [0.25, 0.3) is 0 Å². The molecule has 0 amide bonds. The van der Waals surface area contributed by atoms with Crippen LogP contribution >= 0.6 is 11.3 Å². The van der Waals surface area contributed by atoms with E-state index in [1.54, 1.807) is 0 Å². The van der Waals surface area contributed by atoms with E-state index < -0.39 is 0 Å². The average molecular weight is 365 g/mol. The van der Waals surface area contributed by atoms with Crippen LogP contribution in [0.15, 0.2) is 16.8 Å². The molecule has 3 aliphatic rings. The number of rotatable bonds is 5. The number of likely N-dealkylation sites (tertiary alicyclic amines) is 2. The Morgan fingerprint density at radius 2 is 2.08 bits per heavy atom. The van der Waals surface area contributed by atoms with Gasteiger partial charge in [-0.1, -0.05) is 0 Å². The Balaban J connectivity index is 1.38. The second-order valence-corrected chi connectivity index (χ2v) is 8.98. The minimum Gasteiger partial charge on any atom is -0.384 e. The molecule has 3 aliphatic heterocycles. The van der Waals surface area contributed by atoms with Crippen LogP contribution in [0, 0.1) is 11.3 Å². The summed E-state index contributed by atoms with van der Waals surface area (Å²) < 4.78 is 11.2. The molecule has 0 radical (unpaired) electrons. The highest BCUT2D eigenvalue weighted by molar-refractivity contribution is 7.07. The van der Waals surface area contributed by atoms with Gasteiger partial charge in [0.1, 0.15) is 0 Å². The molecule has 1 unspecified atom stereocenters. The summed E-state index contributed by atoms with van der Waals surface area (Å²) in [7, 11) is 1.87.